The third kappa shape index (κ3) is 9.27. The quantitative estimate of drug-likeness (QED) is 0.192. The molecule has 4 amide bonds. The number of fused-ring (bicyclic) bond motifs is 3. The highest BCUT2D eigenvalue weighted by atomic mass is 16.5. The molecule has 42 heavy (non-hydrogen) atoms. The van der Waals surface area contributed by atoms with Crippen molar-refractivity contribution in [3.8, 4) is 11.1 Å². The molecule has 0 fully saturated rings. The average molecular weight is 575 g/mol. The van der Waals surface area contributed by atoms with Gasteiger partial charge in [0.1, 0.15) is 12.6 Å². The van der Waals surface area contributed by atoms with Crippen molar-refractivity contribution in [2.75, 3.05) is 33.4 Å². The number of carbonyl (C=O) groups is 5. The van der Waals surface area contributed by atoms with Gasteiger partial charge < -0.3 is 31.1 Å². The molecule has 11 heteroatoms. The third-order valence-corrected chi connectivity index (χ3v) is 6.44. The highest BCUT2D eigenvalue weighted by molar-refractivity contribution is 5.91. The lowest BCUT2D eigenvalue weighted by atomic mass is 9.98. The van der Waals surface area contributed by atoms with Crippen molar-refractivity contribution in [2.45, 2.75) is 18.4 Å². The third-order valence-electron chi connectivity index (χ3n) is 6.44. The van der Waals surface area contributed by atoms with Gasteiger partial charge in [-0.15, -0.1) is 0 Å². The molecule has 0 spiro atoms. The van der Waals surface area contributed by atoms with Crippen LogP contribution in [0.3, 0.4) is 0 Å². The van der Waals surface area contributed by atoms with E-state index in [2.05, 4.69) is 69.8 Å². The first-order valence-electron chi connectivity index (χ1n) is 13.3. The molecule has 0 saturated heterocycles. The second kappa shape index (κ2) is 16.3. The molecule has 1 aliphatic carbocycles. The average Bonchev–Trinajstić information content (AvgIpc) is 3.32. The van der Waals surface area contributed by atoms with Crippen LogP contribution in [0, 0.1) is 0 Å². The minimum atomic E-state index is -1.21. The number of aliphatic carboxylic acids is 1. The van der Waals surface area contributed by atoms with Crippen LogP contribution in [0.5, 0.6) is 0 Å². The van der Waals surface area contributed by atoms with Crippen LogP contribution in [-0.2, 0) is 35.1 Å². The highest BCUT2D eigenvalue weighted by Gasteiger charge is 2.27. The van der Waals surface area contributed by atoms with E-state index in [-0.39, 0.29) is 13.0 Å². The number of carboxylic acids is 1. The fourth-order valence-corrected chi connectivity index (χ4v) is 4.57. The maximum Gasteiger partial charge on any atom is 0.322 e. The van der Waals surface area contributed by atoms with Gasteiger partial charge in [-0.2, -0.15) is 0 Å². The molecule has 0 radical (unpaired) electrons. The van der Waals surface area contributed by atoms with Crippen LogP contribution in [0.15, 0.2) is 78.9 Å². The summed E-state index contributed by atoms with van der Waals surface area (Å²) in [4.78, 5) is 56.1. The van der Waals surface area contributed by atoms with E-state index in [1.165, 1.54) is 22.3 Å². The number of nitrogens with one attached hydrogen (secondary N) is 4. The zero-order valence-electron chi connectivity index (χ0n) is 23.2. The van der Waals surface area contributed by atoms with Crippen molar-refractivity contribution >= 4 is 30.1 Å². The number of methoxy groups -OCH3 is 1. The summed E-state index contributed by atoms with van der Waals surface area (Å²) in [6.07, 6.45) is 0.501. The Hall–Kier alpha value is -5.03. The van der Waals surface area contributed by atoms with Gasteiger partial charge in [-0.25, -0.2) is 0 Å². The summed E-state index contributed by atoms with van der Waals surface area (Å²) in [5, 5.41) is 17.7. The largest absolute Gasteiger partial charge is 0.480 e. The summed E-state index contributed by atoms with van der Waals surface area (Å²) >= 11 is 0. The molecule has 3 aromatic rings. The lowest BCUT2D eigenvalue weighted by Crippen LogP contribution is -2.51. The first kappa shape index (κ1) is 31.5. The number of rotatable bonds is 13. The highest BCUT2D eigenvalue weighted by Crippen LogP contribution is 2.44. The Balaban J connectivity index is 0.000000255. The van der Waals surface area contributed by atoms with E-state index in [9.17, 15) is 24.0 Å². The first-order chi connectivity index (χ1) is 20.3. The van der Waals surface area contributed by atoms with Gasteiger partial charge in [0.2, 0.25) is 24.1 Å². The number of carbonyl (C=O) groups excluding carboxylic acids is 4. The van der Waals surface area contributed by atoms with Gasteiger partial charge in [0.25, 0.3) is 0 Å². The molecule has 1 atom stereocenters. The molecular weight excluding hydrogens is 540 g/mol. The van der Waals surface area contributed by atoms with Crippen molar-refractivity contribution in [3.63, 3.8) is 0 Å². The van der Waals surface area contributed by atoms with Crippen LogP contribution in [0.1, 0.15) is 22.6 Å². The van der Waals surface area contributed by atoms with Gasteiger partial charge in [0.05, 0.1) is 19.7 Å². The van der Waals surface area contributed by atoms with E-state index < -0.39 is 42.8 Å². The van der Waals surface area contributed by atoms with Gasteiger partial charge in [0, 0.05) is 19.4 Å². The Kier molecular flexibility index (Phi) is 12.2. The van der Waals surface area contributed by atoms with Crippen LogP contribution in [0.4, 0.5) is 0 Å². The van der Waals surface area contributed by atoms with E-state index in [1.54, 1.807) is 37.4 Å². The fourth-order valence-electron chi connectivity index (χ4n) is 4.57. The maximum absolute atomic E-state index is 12.1. The number of carboxylic acid groups (broad SMARTS) is 1. The SMILES string of the molecule is COCC1c2ccccc2-c2ccccc21.O=CNCC(=O)NCC(=O)NC(Cc1ccccc1)C(=O)NCC(=O)O. The molecule has 220 valence electrons. The van der Waals surface area contributed by atoms with E-state index in [4.69, 9.17) is 9.84 Å². The molecule has 0 aliphatic heterocycles. The maximum atomic E-state index is 12.1. The van der Waals surface area contributed by atoms with Gasteiger partial charge in [-0.3, -0.25) is 24.0 Å². The molecule has 0 bridgehead atoms. The van der Waals surface area contributed by atoms with Crippen molar-refractivity contribution in [1.29, 1.82) is 0 Å². The smallest absolute Gasteiger partial charge is 0.322 e. The number of benzene rings is 3. The molecule has 1 aliphatic rings. The normalized spacial score (nSPS) is 11.9. The van der Waals surface area contributed by atoms with E-state index in [0.29, 0.717) is 12.3 Å². The summed E-state index contributed by atoms with van der Waals surface area (Å²) in [7, 11) is 1.77. The van der Waals surface area contributed by atoms with Gasteiger partial charge in [-0.05, 0) is 27.8 Å². The predicted octanol–water partition coefficient (Wildman–Crippen LogP) is 1.22. The Bertz CT molecular complexity index is 1330. The summed E-state index contributed by atoms with van der Waals surface area (Å²) in [6, 6.07) is 25.1. The van der Waals surface area contributed by atoms with Crippen molar-refractivity contribution in [1.82, 2.24) is 21.3 Å². The molecular formula is C31H34N4O7. The summed E-state index contributed by atoms with van der Waals surface area (Å²) in [6.45, 7) is -0.484. The van der Waals surface area contributed by atoms with Crippen LogP contribution in [-0.4, -0.2) is 74.6 Å². The number of amides is 4. The van der Waals surface area contributed by atoms with Crippen LogP contribution >= 0.6 is 0 Å². The lowest BCUT2D eigenvalue weighted by molar-refractivity contribution is -0.138. The molecule has 4 rings (SSSR count). The molecule has 0 saturated carbocycles. The molecule has 5 N–H and O–H groups in total. The molecule has 0 aromatic heterocycles. The van der Waals surface area contributed by atoms with Gasteiger partial charge >= 0.3 is 5.97 Å². The van der Waals surface area contributed by atoms with Crippen molar-refractivity contribution < 1.29 is 33.8 Å². The summed E-state index contributed by atoms with van der Waals surface area (Å²) < 4.78 is 5.34. The molecule has 0 heterocycles. The lowest BCUT2D eigenvalue weighted by Gasteiger charge is -2.18. The summed E-state index contributed by atoms with van der Waals surface area (Å²) in [5.41, 5.74) is 6.28. The Morgan fingerprint density at radius 3 is 1.98 bits per heavy atom. The first-order valence-corrected chi connectivity index (χ1v) is 13.3. The topological polar surface area (TPSA) is 163 Å². The van der Waals surface area contributed by atoms with E-state index in [0.717, 1.165) is 12.2 Å². The van der Waals surface area contributed by atoms with Gasteiger partial charge in [-0.1, -0.05) is 78.9 Å². The van der Waals surface area contributed by atoms with Crippen LogP contribution < -0.4 is 21.3 Å². The number of ether oxygens (including phenoxy) is 1. The predicted molar refractivity (Wildman–Crippen MR) is 155 cm³/mol. The van der Waals surface area contributed by atoms with Crippen LogP contribution in [0.2, 0.25) is 0 Å². The van der Waals surface area contributed by atoms with Crippen LogP contribution in [0.25, 0.3) is 11.1 Å². The second-order valence-corrected chi connectivity index (χ2v) is 9.38. The molecule has 3 aromatic carbocycles. The number of hydrogen-bond donors (Lipinski definition) is 5. The Morgan fingerprint density at radius 2 is 1.40 bits per heavy atom. The standard InChI is InChI=1S/C16H20N4O6.C15H14O/c21-10-17-7-13(22)18-8-14(23)20-12(16(26)19-9-15(24)25)6-11-4-2-1-3-5-11;1-16-10-15-13-8-4-2-6-11(13)12-7-3-5-9-14(12)15/h1-5,10,12H,6-9H2,(H,17,21)(H,18,22)(H,19,26)(H,20,23)(H,24,25);2-9,15H,10H2,1H3. The molecule has 1 unspecified atom stereocenters. The van der Waals surface area contributed by atoms with Crippen molar-refractivity contribution in [3.05, 3.63) is 95.6 Å². The monoisotopic (exact) mass is 574 g/mol. The van der Waals surface area contributed by atoms with E-state index >= 15 is 0 Å². The zero-order chi connectivity index (χ0) is 30.3. The minimum Gasteiger partial charge on any atom is -0.480 e. The summed E-state index contributed by atoms with van der Waals surface area (Å²) in [5.74, 6) is -2.66. The van der Waals surface area contributed by atoms with Crippen molar-refractivity contribution in [2.24, 2.45) is 0 Å². The fraction of sp³-hybridized carbons (Fsp3) is 0.258. The van der Waals surface area contributed by atoms with E-state index in [1.807, 2.05) is 0 Å². The number of hydrogen-bond acceptors (Lipinski definition) is 6. The molecule has 11 nitrogen and oxygen atoms in total. The van der Waals surface area contributed by atoms with Gasteiger partial charge in [0.15, 0.2) is 0 Å². The zero-order valence-corrected chi connectivity index (χ0v) is 23.2. The Morgan fingerprint density at radius 1 is 0.810 bits per heavy atom. The second-order valence-electron chi connectivity index (χ2n) is 9.38. The minimum absolute atomic E-state index is 0.151. The Labute approximate surface area is 243 Å².